The number of rotatable bonds is 5. The lowest BCUT2D eigenvalue weighted by Crippen LogP contribution is -2.42. The molecule has 2 aromatic heterocycles. The molecule has 0 bridgehead atoms. The molecule has 1 unspecified atom stereocenters. The average molecular weight is 369 g/mol. The minimum Gasteiger partial charge on any atom is -0.354 e. The normalized spacial score (nSPS) is 22.2. The van der Waals surface area contributed by atoms with Crippen LogP contribution in [0.25, 0.3) is 11.4 Å². The molecule has 2 aromatic rings. The van der Waals surface area contributed by atoms with Gasteiger partial charge in [-0.05, 0) is 56.9 Å². The molecule has 2 saturated heterocycles. The minimum atomic E-state index is -0.0243. The van der Waals surface area contributed by atoms with E-state index in [1.807, 2.05) is 12.1 Å². The van der Waals surface area contributed by atoms with Crippen molar-refractivity contribution in [2.45, 2.75) is 31.7 Å². The molecule has 2 fully saturated rings. The van der Waals surface area contributed by atoms with Crippen molar-refractivity contribution in [2.24, 2.45) is 5.41 Å². The smallest absolute Gasteiger partial charge is 0.237 e. The van der Waals surface area contributed by atoms with Gasteiger partial charge in [0.1, 0.15) is 5.82 Å². The third kappa shape index (κ3) is 4.01. The van der Waals surface area contributed by atoms with Gasteiger partial charge in [-0.2, -0.15) is 5.10 Å². The molecular weight excluding hydrogens is 342 g/mol. The summed E-state index contributed by atoms with van der Waals surface area (Å²) in [5.41, 5.74) is 1.19. The number of hydrogen-bond donors (Lipinski definition) is 3. The largest absolute Gasteiger partial charge is 0.354 e. The van der Waals surface area contributed by atoms with Gasteiger partial charge in [-0.3, -0.25) is 19.8 Å². The van der Waals surface area contributed by atoms with Gasteiger partial charge < -0.3 is 10.6 Å². The van der Waals surface area contributed by atoms with E-state index >= 15 is 0 Å². The first kappa shape index (κ1) is 18.1. The molecule has 0 aliphatic carbocycles. The van der Waals surface area contributed by atoms with Crippen LogP contribution in [0.1, 0.15) is 25.1 Å². The Morgan fingerprint density at radius 1 is 1.41 bits per heavy atom. The summed E-state index contributed by atoms with van der Waals surface area (Å²) >= 11 is 0. The van der Waals surface area contributed by atoms with Crippen molar-refractivity contribution in [3.8, 4) is 11.4 Å². The Balaban J connectivity index is 1.28. The molecule has 0 saturated carbocycles. The summed E-state index contributed by atoms with van der Waals surface area (Å²) < 4.78 is 0. The van der Waals surface area contributed by atoms with Crippen LogP contribution in [0.15, 0.2) is 24.5 Å². The summed E-state index contributed by atoms with van der Waals surface area (Å²) in [4.78, 5) is 23.5. The lowest BCUT2D eigenvalue weighted by Gasteiger charge is -2.33. The summed E-state index contributed by atoms with van der Waals surface area (Å²) in [6, 6.07) is 3.76. The van der Waals surface area contributed by atoms with E-state index in [1.165, 1.54) is 0 Å². The fourth-order valence-electron chi connectivity index (χ4n) is 4.34. The highest BCUT2D eigenvalue weighted by molar-refractivity contribution is 5.82. The van der Waals surface area contributed by atoms with E-state index in [0.717, 1.165) is 50.3 Å². The highest BCUT2D eigenvalue weighted by atomic mass is 16.2. The first-order valence-corrected chi connectivity index (χ1v) is 9.66. The molecule has 8 heteroatoms. The Labute approximate surface area is 159 Å². The molecule has 27 heavy (non-hydrogen) atoms. The lowest BCUT2D eigenvalue weighted by molar-refractivity contribution is -0.125. The van der Waals surface area contributed by atoms with E-state index in [0.29, 0.717) is 24.2 Å². The van der Waals surface area contributed by atoms with Crippen molar-refractivity contribution in [1.82, 2.24) is 35.7 Å². The van der Waals surface area contributed by atoms with E-state index in [-0.39, 0.29) is 11.9 Å². The van der Waals surface area contributed by atoms with Crippen molar-refractivity contribution in [1.29, 1.82) is 0 Å². The number of likely N-dealkylation sites (tertiary alicyclic amines) is 1. The monoisotopic (exact) mass is 369 g/mol. The maximum atomic E-state index is 12.7. The van der Waals surface area contributed by atoms with Crippen LogP contribution in [0.3, 0.4) is 0 Å². The van der Waals surface area contributed by atoms with Crippen molar-refractivity contribution < 1.29 is 4.79 Å². The fourth-order valence-corrected chi connectivity index (χ4v) is 4.34. The SMILES string of the molecule is CN1CC2(CCNCC2)CC1C(=O)NCCc1nc(-c2cccnc2)n[nH]1. The van der Waals surface area contributed by atoms with E-state index in [1.54, 1.807) is 12.4 Å². The number of amides is 1. The van der Waals surface area contributed by atoms with Gasteiger partial charge >= 0.3 is 0 Å². The molecule has 4 rings (SSSR count). The van der Waals surface area contributed by atoms with Crippen LogP contribution >= 0.6 is 0 Å². The second-order valence-electron chi connectivity index (χ2n) is 7.77. The van der Waals surface area contributed by atoms with E-state index in [2.05, 4.69) is 42.7 Å². The quantitative estimate of drug-likeness (QED) is 0.714. The number of pyridine rings is 1. The van der Waals surface area contributed by atoms with Crippen molar-refractivity contribution >= 4 is 5.91 Å². The van der Waals surface area contributed by atoms with Crippen LogP contribution in [0.2, 0.25) is 0 Å². The summed E-state index contributed by atoms with van der Waals surface area (Å²) in [6.07, 6.45) is 7.38. The van der Waals surface area contributed by atoms with Gasteiger partial charge in [0, 0.05) is 37.5 Å². The number of carbonyl (C=O) groups excluding carboxylic acids is 1. The lowest BCUT2D eigenvalue weighted by atomic mass is 9.77. The van der Waals surface area contributed by atoms with E-state index in [9.17, 15) is 4.79 Å². The van der Waals surface area contributed by atoms with Crippen LogP contribution in [0.5, 0.6) is 0 Å². The highest BCUT2D eigenvalue weighted by Gasteiger charge is 2.45. The number of piperidine rings is 1. The zero-order chi connectivity index (χ0) is 18.7. The third-order valence-electron chi connectivity index (χ3n) is 5.82. The molecule has 3 N–H and O–H groups in total. The fraction of sp³-hybridized carbons (Fsp3) is 0.579. The molecule has 8 nitrogen and oxygen atoms in total. The highest BCUT2D eigenvalue weighted by Crippen LogP contribution is 2.41. The molecule has 2 aliphatic heterocycles. The maximum absolute atomic E-state index is 12.7. The van der Waals surface area contributed by atoms with Gasteiger partial charge in [0.2, 0.25) is 5.91 Å². The van der Waals surface area contributed by atoms with Crippen molar-refractivity contribution in [2.75, 3.05) is 33.2 Å². The summed E-state index contributed by atoms with van der Waals surface area (Å²) in [6.45, 7) is 3.70. The topological polar surface area (TPSA) is 98.8 Å². The standard InChI is InChI=1S/C19H27N7O/c1-26-13-19(5-9-20-10-6-19)11-15(26)18(27)22-8-4-16-23-17(25-24-16)14-3-2-7-21-12-14/h2-3,7,12,15,20H,4-6,8-11,13H2,1H3,(H,22,27)(H,23,24,25). The van der Waals surface area contributed by atoms with Gasteiger partial charge in [0.25, 0.3) is 0 Å². The Morgan fingerprint density at radius 2 is 2.26 bits per heavy atom. The van der Waals surface area contributed by atoms with Crippen LogP contribution < -0.4 is 10.6 Å². The Bertz CT molecular complexity index is 769. The summed E-state index contributed by atoms with van der Waals surface area (Å²) in [5, 5.41) is 13.7. The molecule has 4 heterocycles. The second kappa shape index (κ2) is 7.74. The molecule has 0 aromatic carbocycles. The predicted octanol–water partition coefficient (Wildman–Crippen LogP) is 0.599. The predicted molar refractivity (Wildman–Crippen MR) is 102 cm³/mol. The van der Waals surface area contributed by atoms with Gasteiger partial charge in [-0.15, -0.1) is 0 Å². The number of aromatic nitrogens is 4. The number of hydrogen-bond acceptors (Lipinski definition) is 6. The van der Waals surface area contributed by atoms with Gasteiger partial charge in [-0.1, -0.05) is 0 Å². The average Bonchev–Trinajstić information content (AvgIpc) is 3.28. The number of aromatic amines is 1. The third-order valence-corrected chi connectivity index (χ3v) is 5.82. The van der Waals surface area contributed by atoms with Crippen molar-refractivity contribution in [3.05, 3.63) is 30.4 Å². The number of carbonyl (C=O) groups is 1. The molecular formula is C19H27N7O. The van der Waals surface area contributed by atoms with Crippen LogP contribution in [0, 0.1) is 5.41 Å². The van der Waals surface area contributed by atoms with Crippen LogP contribution in [0.4, 0.5) is 0 Å². The first-order chi connectivity index (χ1) is 13.2. The molecule has 2 aliphatic rings. The molecule has 1 spiro atoms. The number of nitrogens with one attached hydrogen (secondary N) is 3. The second-order valence-corrected chi connectivity index (χ2v) is 7.77. The molecule has 1 amide bonds. The molecule has 1 atom stereocenters. The Kier molecular flexibility index (Phi) is 5.18. The van der Waals surface area contributed by atoms with Crippen LogP contribution in [-0.2, 0) is 11.2 Å². The number of nitrogens with zero attached hydrogens (tertiary/aromatic N) is 4. The van der Waals surface area contributed by atoms with Gasteiger partial charge in [0.05, 0.1) is 6.04 Å². The number of likely N-dealkylation sites (N-methyl/N-ethyl adjacent to an activating group) is 1. The van der Waals surface area contributed by atoms with Gasteiger partial charge in [-0.25, -0.2) is 4.98 Å². The molecule has 0 radical (unpaired) electrons. The first-order valence-electron chi connectivity index (χ1n) is 9.66. The van der Waals surface area contributed by atoms with Crippen LogP contribution in [-0.4, -0.2) is 70.2 Å². The van der Waals surface area contributed by atoms with E-state index < -0.39 is 0 Å². The Morgan fingerprint density at radius 3 is 3.04 bits per heavy atom. The summed E-state index contributed by atoms with van der Waals surface area (Å²) in [7, 11) is 2.07. The minimum absolute atomic E-state index is 0.0243. The maximum Gasteiger partial charge on any atom is 0.237 e. The summed E-state index contributed by atoms with van der Waals surface area (Å²) in [5.74, 6) is 1.52. The zero-order valence-corrected chi connectivity index (χ0v) is 15.7. The van der Waals surface area contributed by atoms with E-state index in [4.69, 9.17) is 0 Å². The van der Waals surface area contributed by atoms with Gasteiger partial charge in [0.15, 0.2) is 5.82 Å². The number of H-pyrrole nitrogens is 1. The molecule has 144 valence electrons. The zero-order valence-electron chi connectivity index (χ0n) is 15.7. The van der Waals surface area contributed by atoms with Crippen molar-refractivity contribution in [3.63, 3.8) is 0 Å². The Hall–Kier alpha value is -2.32.